The van der Waals surface area contributed by atoms with Gasteiger partial charge in [0.25, 0.3) is 5.91 Å². The lowest BCUT2D eigenvalue weighted by molar-refractivity contribution is -0.119. The summed E-state index contributed by atoms with van der Waals surface area (Å²) in [7, 11) is -1.55. The number of amides is 2. The van der Waals surface area contributed by atoms with Crippen LogP contribution in [-0.2, 0) is 31.3 Å². The number of methoxy groups -OCH3 is 1. The monoisotopic (exact) mass is 707 g/mol. The van der Waals surface area contributed by atoms with Crippen molar-refractivity contribution < 1.29 is 23.3 Å². The van der Waals surface area contributed by atoms with Gasteiger partial charge in [0.05, 0.1) is 24.2 Å². The van der Waals surface area contributed by atoms with Gasteiger partial charge < -0.3 is 14.4 Å². The highest BCUT2D eigenvalue weighted by atomic mass is 35.5. The smallest absolute Gasteiger partial charge is 0.286 e. The zero-order valence-electron chi connectivity index (χ0n) is 28.7. The van der Waals surface area contributed by atoms with Crippen LogP contribution in [-0.4, -0.2) is 54.7 Å². The molecule has 1 unspecified atom stereocenters. The quantitative estimate of drug-likeness (QED) is 0.319. The van der Waals surface area contributed by atoms with Crippen molar-refractivity contribution >= 4 is 39.0 Å². The summed E-state index contributed by atoms with van der Waals surface area (Å²) >= 11 is 6.45. The van der Waals surface area contributed by atoms with E-state index in [0.717, 1.165) is 80.9 Å². The molecule has 2 aromatic carbocycles. The molecule has 264 valence electrons. The van der Waals surface area contributed by atoms with Crippen molar-refractivity contribution in [3.05, 3.63) is 70.3 Å². The second-order valence-corrected chi connectivity index (χ2v) is 17.5. The molecule has 8 nitrogen and oxygen atoms in total. The van der Waals surface area contributed by atoms with E-state index in [9.17, 15) is 13.8 Å². The lowest BCUT2D eigenvalue weighted by Crippen LogP contribution is -2.49. The summed E-state index contributed by atoms with van der Waals surface area (Å²) in [6.07, 6.45) is 16.4. The first kappa shape index (κ1) is 34.6. The number of hydrogen-bond donors (Lipinski definition) is 1. The summed E-state index contributed by atoms with van der Waals surface area (Å²) in [6, 6.07) is 11.7. The molecule has 2 amide bonds. The molecule has 2 bridgehead atoms. The number of anilines is 1. The molecule has 0 radical (unpaired) electrons. The van der Waals surface area contributed by atoms with E-state index in [0.29, 0.717) is 49.2 Å². The van der Waals surface area contributed by atoms with Crippen molar-refractivity contribution in [3.8, 4) is 5.75 Å². The van der Waals surface area contributed by atoms with Gasteiger partial charge in [-0.05, 0) is 111 Å². The number of fused-ring (bicyclic) bond motifs is 4. The first-order valence-corrected chi connectivity index (χ1v) is 20.4. The maximum absolute atomic E-state index is 14.2. The topological polar surface area (TPSA) is 97.3 Å². The van der Waals surface area contributed by atoms with Crippen LogP contribution in [0.3, 0.4) is 0 Å². The van der Waals surface area contributed by atoms with E-state index in [1.165, 1.54) is 24.0 Å². The van der Waals surface area contributed by atoms with Crippen LogP contribution in [0.4, 0.5) is 5.69 Å². The number of halogens is 1. The molecule has 49 heavy (non-hydrogen) atoms. The molecule has 3 aliphatic carbocycles. The molecule has 7 rings (SSSR count). The van der Waals surface area contributed by atoms with Crippen molar-refractivity contribution in [2.45, 2.75) is 95.0 Å². The summed E-state index contributed by atoms with van der Waals surface area (Å²) in [5, 5.41) is 0.753. The third-order valence-electron chi connectivity index (χ3n) is 11.8. The maximum atomic E-state index is 14.2. The third kappa shape index (κ3) is 7.59. The van der Waals surface area contributed by atoms with E-state index in [2.05, 4.69) is 38.3 Å². The average molecular weight is 708 g/mol. The molecule has 0 saturated heterocycles. The molecule has 2 saturated carbocycles. The minimum atomic E-state index is -3.33. The number of ether oxygens (including phenoxy) is 2. The van der Waals surface area contributed by atoms with Crippen molar-refractivity contribution in [1.82, 2.24) is 4.72 Å². The van der Waals surface area contributed by atoms with E-state index in [-0.39, 0.29) is 23.2 Å². The molecular weight excluding hydrogens is 658 g/mol. The number of rotatable bonds is 5. The van der Waals surface area contributed by atoms with Gasteiger partial charge in [0.2, 0.25) is 5.91 Å². The van der Waals surface area contributed by atoms with Crippen molar-refractivity contribution in [1.29, 1.82) is 0 Å². The Bertz CT molecular complexity index is 1710. The Balaban J connectivity index is 1.24. The normalized spacial score (nSPS) is 31.0. The van der Waals surface area contributed by atoms with Gasteiger partial charge in [-0.3, -0.25) is 14.3 Å². The molecule has 10 heteroatoms. The van der Waals surface area contributed by atoms with Crippen LogP contribution in [0.25, 0.3) is 0 Å². The van der Waals surface area contributed by atoms with Gasteiger partial charge in [-0.2, -0.15) is 0 Å². The van der Waals surface area contributed by atoms with Crippen LogP contribution in [0.1, 0.15) is 98.5 Å². The van der Waals surface area contributed by atoms with Gasteiger partial charge in [0.1, 0.15) is 15.7 Å². The molecule has 1 spiro atoms. The molecular formula is C39H50ClN3O5S. The van der Waals surface area contributed by atoms with Crippen LogP contribution < -0.4 is 14.4 Å². The summed E-state index contributed by atoms with van der Waals surface area (Å²) in [6.45, 7) is 2.08. The van der Waals surface area contributed by atoms with E-state index in [1.807, 2.05) is 18.2 Å². The Kier molecular flexibility index (Phi) is 10.4. The van der Waals surface area contributed by atoms with Gasteiger partial charge in [0, 0.05) is 42.6 Å². The van der Waals surface area contributed by atoms with E-state index in [1.54, 1.807) is 13.2 Å². The summed E-state index contributed by atoms with van der Waals surface area (Å²) in [5.74, 6) is 1.29. The fourth-order valence-electron chi connectivity index (χ4n) is 8.98. The largest absolute Gasteiger partial charge is 0.490 e. The number of benzene rings is 2. The van der Waals surface area contributed by atoms with E-state index >= 15 is 0 Å². The lowest BCUT2D eigenvalue weighted by Gasteiger charge is -2.46. The van der Waals surface area contributed by atoms with Crippen LogP contribution in [0.15, 0.2) is 52.9 Å². The van der Waals surface area contributed by atoms with Gasteiger partial charge in [-0.25, -0.2) is 4.21 Å². The van der Waals surface area contributed by atoms with Gasteiger partial charge in [-0.15, -0.1) is 4.36 Å². The highest BCUT2D eigenvalue weighted by Gasteiger charge is 2.44. The second-order valence-electron chi connectivity index (χ2n) is 15.0. The van der Waals surface area contributed by atoms with Crippen LogP contribution in [0.2, 0.25) is 5.02 Å². The van der Waals surface area contributed by atoms with Crippen molar-refractivity contribution in [3.63, 3.8) is 0 Å². The number of nitrogens with one attached hydrogen (secondary N) is 1. The van der Waals surface area contributed by atoms with E-state index in [4.69, 9.17) is 21.1 Å². The lowest BCUT2D eigenvalue weighted by atomic mass is 9.68. The molecule has 1 N–H and O–H groups in total. The van der Waals surface area contributed by atoms with E-state index < -0.39 is 15.8 Å². The molecule has 5 atom stereocenters. The van der Waals surface area contributed by atoms with Crippen LogP contribution >= 0.6 is 11.6 Å². The first-order valence-electron chi connectivity index (χ1n) is 18.3. The predicted octanol–water partition coefficient (Wildman–Crippen LogP) is 7.81. The molecule has 5 aliphatic rings. The summed E-state index contributed by atoms with van der Waals surface area (Å²) < 4.78 is 33.9. The number of hydrogen-bond acceptors (Lipinski definition) is 6. The third-order valence-corrected chi connectivity index (χ3v) is 13.9. The molecule has 2 fully saturated rings. The molecule has 2 aliphatic heterocycles. The SMILES string of the molecule is CO[C@H]1/C=C\CCCS(=O)(NC(=O)CCC2CCCC2)=NC(=O)c2ccc3c(c2)N(C[C@@H]2CC[C@H]21)C[C@@]1(CCCc2cc(Cl)ccc21)CO3. The van der Waals surface area contributed by atoms with Crippen LogP contribution in [0, 0.1) is 17.8 Å². The number of allylic oxidation sites excluding steroid dienone is 1. The van der Waals surface area contributed by atoms with Gasteiger partial charge >= 0.3 is 0 Å². The Morgan fingerprint density at radius 3 is 2.78 bits per heavy atom. The number of aryl methyl sites for hydroxylation is 1. The molecule has 2 aromatic rings. The number of nitrogens with zero attached hydrogens (tertiary/aromatic N) is 2. The highest BCUT2D eigenvalue weighted by Crippen LogP contribution is 2.47. The van der Waals surface area contributed by atoms with Gasteiger partial charge in [0.15, 0.2) is 0 Å². The Morgan fingerprint density at radius 1 is 1.12 bits per heavy atom. The minimum Gasteiger partial charge on any atom is -0.490 e. The van der Waals surface area contributed by atoms with Crippen LogP contribution in [0.5, 0.6) is 5.75 Å². The standard InChI is InChI=1S/C39H50ClN3O5S/c1-47-35-11-3-2-6-21-49(46,41-37(44)19-12-27-8-4-5-9-27)42-38(45)29-14-18-36-34(23-29)43(24-30-13-16-32(30)35)25-39(26-48-36)20-7-10-28-22-31(40)15-17-33(28)39/h3,11,14-15,17-18,22-23,27,30,32,35H,2,4-10,12-13,16,19-21,24-26H2,1H3,(H,41,42,44,45,46)/b11-3-/t30-,32+,35-,39-,49?/m0/s1. The highest BCUT2D eigenvalue weighted by molar-refractivity contribution is 7.92. The van der Waals surface area contributed by atoms with Crippen molar-refractivity contribution in [2.24, 2.45) is 22.1 Å². The Hall–Kier alpha value is -2.88. The number of carbonyl (C=O) groups excluding carboxylic acids is 2. The summed E-state index contributed by atoms with van der Waals surface area (Å²) in [5.41, 5.74) is 3.54. The first-order chi connectivity index (χ1) is 23.7. The zero-order valence-corrected chi connectivity index (χ0v) is 30.2. The van der Waals surface area contributed by atoms with Crippen molar-refractivity contribution in [2.75, 3.05) is 37.5 Å². The second kappa shape index (κ2) is 14.8. The fraction of sp³-hybridized carbons (Fsp3) is 0.590. The maximum Gasteiger partial charge on any atom is 0.286 e. The molecule has 2 heterocycles. The Labute approximate surface area is 296 Å². The zero-order chi connectivity index (χ0) is 34.0. The predicted molar refractivity (Wildman–Crippen MR) is 195 cm³/mol. The number of carbonyl (C=O) groups is 2. The van der Waals surface area contributed by atoms with Gasteiger partial charge in [-0.1, -0.05) is 55.5 Å². The fourth-order valence-corrected chi connectivity index (χ4v) is 10.8. The Morgan fingerprint density at radius 2 is 1.98 bits per heavy atom. The molecule has 0 aromatic heterocycles. The summed E-state index contributed by atoms with van der Waals surface area (Å²) in [4.78, 5) is 29.3. The minimum absolute atomic E-state index is 0.0156. The average Bonchev–Trinajstić information content (AvgIpc) is 3.55.